The predicted molar refractivity (Wildman–Crippen MR) is 88.5 cm³/mol. The molecule has 1 aromatic rings. The van der Waals surface area contributed by atoms with Gasteiger partial charge in [-0.05, 0) is 57.5 Å². The van der Waals surface area contributed by atoms with Crippen LogP contribution < -0.4 is 0 Å². The van der Waals surface area contributed by atoms with E-state index in [2.05, 4.69) is 27.9 Å². The second-order valence-electron chi connectivity index (χ2n) is 6.41. The molecule has 2 fully saturated rings. The number of benzene rings is 1. The molecule has 4 heteroatoms. The van der Waals surface area contributed by atoms with Gasteiger partial charge in [-0.15, -0.1) is 0 Å². The molecule has 0 bridgehead atoms. The molecule has 0 saturated carbocycles. The van der Waals surface area contributed by atoms with Crippen LogP contribution in [-0.2, 0) is 0 Å². The van der Waals surface area contributed by atoms with E-state index in [0.29, 0.717) is 5.54 Å². The van der Waals surface area contributed by atoms with Crippen LogP contribution in [-0.4, -0.2) is 47.9 Å². The van der Waals surface area contributed by atoms with Crippen molar-refractivity contribution >= 4 is 21.8 Å². The van der Waals surface area contributed by atoms with Gasteiger partial charge in [0.25, 0.3) is 5.91 Å². The van der Waals surface area contributed by atoms with Crippen LogP contribution >= 0.6 is 15.9 Å². The Bertz CT molecular complexity index is 523. The van der Waals surface area contributed by atoms with Gasteiger partial charge in [0.1, 0.15) is 0 Å². The van der Waals surface area contributed by atoms with Crippen LogP contribution in [0.25, 0.3) is 0 Å². The van der Waals surface area contributed by atoms with E-state index in [1.807, 2.05) is 29.2 Å². The summed E-state index contributed by atoms with van der Waals surface area (Å²) in [7, 11) is 2.25. The largest absolute Gasteiger partial charge is 0.339 e. The molecule has 1 spiro atoms. The Hall–Kier alpha value is -0.870. The van der Waals surface area contributed by atoms with E-state index in [1.165, 1.54) is 25.8 Å². The molecule has 21 heavy (non-hydrogen) atoms. The molecule has 0 aromatic heterocycles. The lowest BCUT2D eigenvalue weighted by Crippen LogP contribution is -2.56. The zero-order chi connectivity index (χ0) is 14.9. The quantitative estimate of drug-likeness (QED) is 0.773. The Kier molecular flexibility index (Phi) is 4.36. The molecular formula is C17H23BrN2O. The number of hydrogen-bond acceptors (Lipinski definition) is 2. The summed E-state index contributed by atoms with van der Waals surface area (Å²) in [4.78, 5) is 17.2. The molecular weight excluding hydrogens is 328 g/mol. The second-order valence-corrected chi connectivity index (χ2v) is 7.32. The van der Waals surface area contributed by atoms with E-state index in [-0.39, 0.29) is 5.91 Å². The number of nitrogens with zero attached hydrogens (tertiary/aromatic N) is 2. The molecule has 0 N–H and O–H groups in total. The Morgan fingerprint density at radius 2 is 1.90 bits per heavy atom. The highest BCUT2D eigenvalue weighted by molar-refractivity contribution is 9.10. The van der Waals surface area contributed by atoms with Crippen molar-refractivity contribution in [1.82, 2.24) is 9.80 Å². The summed E-state index contributed by atoms with van der Waals surface area (Å²) in [5, 5.41) is 0. The van der Waals surface area contributed by atoms with E-state index >= 15 is 0 Å². The summed E-state index contributed by atoms with van der Waals surface area (Å²) in [5.41, 5.74) is 1.14. The first-order chi connectivity index (χ1) is 10.1. The van der Waals surface area contributed by atoms with Gasteiger partial charge < -0.3 is 9.80 Å². The number of halogens is 1. The summed E-state index contributed by atoms with van der Waals surface area (Å²) >= 11 is 3.44. The monoisotopic (exact) mass is 350 g/mol. The predicted octanol–water partition coefficient (Wildman–Crippen LogP) is 3.54. The summed E-state index contributed by atoms with van der Waals surface area (Å²) in [6.07, 6.45) is 6.18. The van der Waals surface area contributed by atoms with E-state index in [9.17, 15) is 4.79 Å². The maximum Gasteiger partial charge on any atom is 0.253 e. The van der Waals surface area contributed by atoms with Gasteiger partial charge in [-0.25, -0.2) is 0 Å². The highest BCUT2D eigenvalue weighted by Gasteiger charge is 2.40. The highest BCUT2D eigenvalue weighted by Crippen LogP contribution is 2.36. The van der Waals surface area contributed by atoms with Crippen molar-refractivity contribution in [3.8, 4) is 0 Å². The Morgan fingerprint density at radius 3 is 2.57 bits per heavy atom. The number of carbonyl (C=O) groups is 1. The first-order valence-corrected chi connectivity index (χ1v) is 8.66. The topological polar surface area (TPSA) is 23.6 Å². The van der Waals surface area contributed by atoms with Gasteiger partial charge in [-0.1, -0.05) is 28.4 Å². The molecule has 114 valence electrons. The second kappa shape index (κ2) is 6.09. The first kappa shape index (κ1) is 15.0. The molecule has 2 aliphatic heterocycles. The SMILES string of the molecule is CN1CCCCC12CCN(C(=O)c1cccc(Br)c1)CC2. The van der Waals surface area contributed by atoms with Crippen molar-refractivity contribution in [3.05, 3.63) is 34.3 Å². The van der Waals surface area contributed by atoms with Crippen molar-refractivity contribution in [2.45, 2.75) is 37.6 Å². The number of rotatable bonds is 1. The molecule has 2 aliphatic rings. The average Bonchev–Trinajstić information content (AvgIpc) is 2.50. The zero-order valence-electron chi connectivity index (χ0n) is 12.6. The van der Waals surface area contributed by atoms with Crippen LogP contribution in [0.2, 0.25) is 0 Å². The summed E-state index contributed by atoms with van der Waals surface area (Å²) in [6, 6.07) is 7.71. The molecule has 0 aliphatic carbocycles. The molecule has 3 nitrogen and oxygen atoms in total. The fourth-order valence-electron chi connectivity index (χ4n) is 3.79. The fraction of sp³-hybridized carbons (Fsp3) is 0.588. The minimum Gasteiger partial charge on any atom is -0.339 e. The third-order valence-electron chi connectivity index (χ3n) is 5.25. The average molecular weight is 351 g/mol. The zero-order valence-corrected chi connectivity index (χ0v) is 14.2. The molecule has 1 amide bonds. The van der Waals surface area contributed by atoms with E-state index in [1.54, 1.807) is 0 Å². The summed E-state index contributed by atoms with van der Waals surface area (Å²) in [6.45, 7) is 2.98. The molecule has 1 aromatic carbocycles. The van der Waals surface area contributed by atoms with Crippen molar-refractivity contribution in [2.75, 3.05) is 26.7 Å². The van der Waals surface area contributed by atoms with Crippen LogP contribution in [0.5, 0.6) is 0 Å². The Morgan fingerprint density at radius 1 is 1.14 bits per heavy atom. The van der Waals surface area contributed by atoms with E-state index < -0.39 is 0 Å². The van der Waals surface area contributed by atoms with Gasteiger partial charge in [0.05, 0.1) is 0 Å². The number of carbonyl (C=O) groups excluding carboxylic acids is 1. The minimum absolute atomic E-state index is 0.171. The smallest absolute Gasteiger partial charge is 0.253 e. The molecule has 2 heterocycles. The van der Waals surface area contributed by atoms with Gasteiger partial charge in [0.15, 0.2) is 0 Å². The molecule has 0 atom stereocenters. The molecule has 2 saturated heterocycles. The first-order valence-electron chi connectivity index (χ1n) is 7.87. The lowest BCUT2D eigenvalue weighted by atomic mass is 9.79. The van der Waals surface area contributed by atoms with Crippen LogP contribution in [0.15, 0.2) is 28.7 Å². The van der Waals surface area contributed by atoms with Crippen LogP contribution in [0.4, 0.5) is 0 Å². The fourth-order valence-corrected chi connectivity index (χ4v) is 4.19. The third kappa shape index (κ3) is 3.02. The number of hydrogen-bond donors (Lipinski definition) is 0. The standard InChI is InChI=1S/C17H23BrN2O/c1-19-10-3-2-7-17(19)8-11-20(12-9-17)16(21)14-5-4-6-15(18)13-14/h4-6,13H,2-3,7-12H2,1H3. The normalized spacial score (nSPS) is 22.5. The maximum atomic E-state index is 12.6. The summed E-state index contributed by atoms with van der Waals surface area (Å²) in [5.74, 6) is 0.171. The van der Waals surface area contributed by atoms with Gasteiger partial charge in [-0.2, -0.15) is 0 Å². The van der Waals surface area contributed by atoms with E-state index in [0.717, 1.165) is 36.0 Å². The van der Waals surface area contributed by atoms with Crippen molar-refractivity contribution in [2.24, 2.45) is 0 Å². The van der Waals surface area contributed by atoms with E-state index in [4.69, 9.17) is 0 Å². The molecule has 0 radical (unpaired) electrons. The highest BCUT2D eigenvalue weighted by atomic mass is 79.9. The van der Waals surface area contributed by atoms with Crippen LogP contribution in [0.3, 0.4) is 0 Å². The Balaban J connectivity index is 1.67. The lowest BCUT2D eigenvalue weighted by Gasteiger charge is -2.50. The number of likely N-dealkylation sites (tertiary alicyclic amines) is 2. The van der Waals surface area contributed by atoms with Crippen molar-refractivity contribution in [3.63, 3.8) is 0 Å². The molecule has 0 unspecified atom stereocenters. The van der Waals surface area contributed by atoms with Gasteiger partial charge >= 0.3 is 0 Å². The lowest BCUT2D eigenvalue weighted by molar-refractivity contribution is 0.0111. The maximum absolute atomic E-state index is 12.6. The number of piperidine rings is 2. The van der Waals surface area contributed by atoms with Crippen molar-refractivity contribution < 1.29 is 4.79 Å². The van der Waals surface area contributed by atoms with Crippen LogP contribution in [0, 0.1) is 0 Å². The van der Waals surface area contributed by atoms with Gasteiger partial charge in [0.2, 0.25) is 0 Å². The van der Waals surface area contributed by atoms with Crippen molar-refractivity contribution in [1.29, 1.82) is 0 Å². The van der Waals surface area contributed by atoms with Gasteiger partial charge in [-0.3, -0.25) is 4.79 Å². The summed E-state index contributed by atoms with van der Waals surface area (Å²) < 4.78 is 0.967. The van der Waals surface area contributed by atoms with Gasteiger partial charge in [0, 0.05) is 28.7 Å². The minimum atomic E-state index is 0.171. The van der Waals surface area contributed by atoms with Crippen LogP contribution in [0.1, 0.15) is 42.5 Å². The third-order valence-corrected chi connectivity index (χ3v) is 5.74. The Labute approximate surface area is 135 Å². The number of amides is 1. The molecule has 3 rings (SSSR count).